The van der Waals surface area contributed by atoms with Crippen molar-refractivity contribution in [1.82, 2.24) is 29.9 Å². The lowest BCUT2D eigenvalue weighted by molar-refractivity contribution is 0.100. The van der Waals surface area contributed by atoms with Crippen molar-refractivity contribution in [2.45, 2.75) is 37.8 Å². The van der Waals surface area contributed by atoms with E-state index in [1.165, 1.54) is 0 Å². The molecule has 1 aliphatic carbocycles. The molecule has 3 aromatic heterocycles. The van der Waals surface area contributed by atoms with Crippen molar-refractivity contribution in [3.63, 3.8) is 0 Å². The van der Waals surface area contributed by atoms with Gasteiger partial charge in [0.2, 0.25) is 0 Å². The van der Waals surface area contributed by atoms with Crippen molar-refractivity contribution >= 4 is 0 Å². The van der Waals surface area contributed by atoms with E-state index in [2.05, 4.69) is 31.3 Å². The highest BCUT2D eigenvalue weighted by Crippen LogP contribution is 2.30. The molecule has 146 valence electrons. The van der Waals surface area contributed by atoms with Gasteiger partial charge in [-0.25, -0.2) is 9.97 Å². The fraction of sp³-hybridized carbons (Fsp3) is 0.273. The highest BCUT2D eigenvalue weighted by Gasteiger charge is 2.22. The van der Waals surface area contributed by atoms with Gasteiger partial charge in [-0.3, -0.25) is 9.78 Å². The Hall–Kier alpha value is -3.32. The maximum absolute atomic E-state index is 9.92. The number of aliphatic hydroxyl groups excluding tert-OH is 1. The molecule has 7 nitrogen and oxygen atoms in total. The average molecular weight is 386 g/mol. The lowest BCUT2D eigenvalue weighted by Gasteiger charge is -2.25. The van der Waals surface area contributed by atoms with E-state index >= 15 is 0 Å². The zero-order valence-electron chi connectivity index (χ0n) is 15.9. The van der Waals surface area contributed by atoms with Gasteiger partial charge >= 0.3 is 0 Å². The third-order valence-corrected chi connectivity index (χ3v) is 5.53. The molecule has 3 heterocycles. The number of H-pyrrole nitrogens is 1. The molecule has 2 N–H and O–H groups in total. The Morgan fingerprint density at radius 2 is 1.79 bits per heavy atom. The lowest BCUT2D eigenvalue weighted by atomic mass is 9.93. The number of nitrogens with one attached hydrogen (secondary N) is 1. The summed E-state index contributed by atoms with van der Waals surface area (Å²) in [7, 11) is 0. The number of aliphatic hydroxyl groups is 1. The topological polar surface area (TPSA) is 92.5 Å². The molecule has 1 aliphatic rings. The van der Waals surface area contributed by atoms with E-state index in [1.807, 2.05) is 53.9 Å². The predicted octanol–water partition coefficient (Wildman–Crippen LogP) is 3.87. The molecule has 1 unspecified atom stereocenters. The molecule has 1 saturated carbocycles. The van der Waals surface area contributed by atoms with Crippen molar-refractivity contribution in [3.05, 3.63) is 61.4 Å². The van der Waals surface area contributed by atoms with Crippen LogP contribution in [-0.4, -0.2) is 41.2 Å². The monoisotopic (exact) mass is 386 g/mol. The number of hydrogen-bond donors (Lipinski definition) is 2. The molecule has 7 heteroatoms. The number of nitrogens with zero attached hydrogens (tertiary/aromatic N) is 5. The first-order valence-electron chi connectivity index (χ1n) is 9.90. The minimum Gasteiger partial charge on any atom is -0.393 e. The summed E-state index contributed by atoms with van der Waals surface area (Å²) in [6, 6.07) is 8.37. The molecule has 0 bridgehead atoms. The summed E-state index contributed by atoms with van der Waals surface area (Å²) in [6.07, 6.45) is 14.7. The third kappa shape index (κ3) is 3.69. The molecule has 0 saturated heterocycles. The Balaban J connectivity index is 1.37. The van der Waals surface area contributed by atoms with Gasteiger partial charge in [-0.1, -0.05) is 18.2 Å². The third-order valence-electron chi connectivity index (χ3n) is 5.53. The van der Waals surface area contributed by atoms with Crippen LogP contribution in [0.4, 0.5) is 0 Å². The van der Waals surface area contributed by atoms with Gasteiger partial charge in [0.1, 0.15) is 0 Å². The zero-order chi connectivity index (χ0) is 19.6. The first-order chi connectivity index (χ1) is 14.3. The molecule has 0 radical (unpaired) electrons. The Kier molecular flexibility index (Phi) is 4.65. The number of aromatic nitrogens is 6. The summed E-state index contributed by atoms with van der Waals surface area (Å²) < 4.78 is 1.97. The molecule has 4 aromatic rings. The molecule has 0 spiro atoms. The van der Waals surface area contributed by atoms with Crippen LogP contribution in [0, 0.1) is 0 Å². The van der Waals surface area contributed by atoms with Crippen molar-refractivity contribution in [1.29, 1.82) is 0 Å². The summed E-state index contributed by atoms with van der Waals surface area (Å²) in [5, 5.41) is 21.3. The van der Waals surface area contributed by atoms with Crippen LogP contribution in [0.25, 0.3) is 33.6 Å². The number of hydrogen-bond acceptors (Lipinski definition) is 5. The van der Waals surface area contributed by atoms with Gasteiger partial charge in [0, 0.05) is 47.0 Å². The standard InChI is InChI=1S/C22H22N6O/c29-21-6-2-5-20(8-21)28-14-19(13-27-28)17-9-23-22(24-10-17)16-4-1-3-15(7-16)18-11-25-26-12-18/h1,3-4,7,9-14,20-21,29H,2,5-6,8H2,(H,25,26)/t20?,21-/m1/s1. The summed E-state index contributed by atoms with van der Waals surface area (Å²) in [5.41, 5.74) is 4.98. The smallest absolute Gasteiger partial charge is 0.159 e. The molecular formula is C22H22N6O. The van der Waals surface area contributed by atoms with Gasteiger partial charge in [-0.2, -0.15) is 10.2 Å². The Morgan fingerprint density at radius 1 is 0.931 bits per heavy atom. The van der Waals surface area contributed by atoms with Gasteiger partial charge in [-0.15, -0.1) is 0 Å². The number of rotatable bonds is 4. The first kappa shape index (κ1) is 17.8. The quantitative estimate of drug-likeness (QED) is 0.555. The second-order valence-electron chi connectivity index (χ2n) is 7.55. The van der Waals surface area contributed by atoms with E-state index < -0.39 is 0 Å². The number of aromatic amines is 1. The normalized spacial score (nSPS) is 19.3. The number of benzene rings is 1. The van der Waals surface area contributed by atoms with Crippen LogP contribution in [0.2, 0.25) is 0 Å². The SMILES string of the molecule is O[C@@H]1CCCC(n2cc(-c3cnc(-c4cccc(-c5cn[nH]c5)c4)nc3)cn2)C1. The van der Waals surface area contributed by atoms with Crippen molar-refractivity contribution in [2.75, 3.05) is 0 Å². The minimum absolute atomic E-state index is 0.221. The summed E-state index contributed by atoms with van der Waals surface area (Å²) in [5.74, 6) is 0.682. The Morgan fingerprint density at radius 3 is 2.59 bits per heavy atom. The van der Waals surface area contributed by atoms with Crippen LogP contribution < -0.4 is 0 Å². The van der Waals surface area contributed by atoms with E-state index in [0.29, 0.717) is 5.82 Å². The van der Waals surface area contributed by atoms with Crippen molar-refractivity contribution < 1.29 is 5.11 Å². The molecule has 0 aliphatic heterocycles. The summed E-state index contributed by atoms with van der Waals surface area (Å²) in [4.78, 5) is 9.14. The highest BCUT2D eigenvalue weighted by atomic mass is 16.3. The van der Waals surface area contributed by atoms with E-state index in [-0.39, 0.29) is 12.1 Å². The summed E-state index contributed by atoms with van der Waals surface area (Å²) >= 11 is 0. The lowest BCUT2D eigenvalue weighted by Crippen LogP contribution is -2.22. The molecule has 29 heavy (non-hydrogen) atoms. The van der Waals surface area contributed by atoms with Gasteiger partial charge < -0.3 is 5.11 Å². The maximum atomic E-state index is 9.92. The van der Waals surface area contributed by atoms with Crippen LogP contribution in [0.5, 0.6) is 0 Å². The van der Waals surface area contributed by atoms with E-state index in [4.69, 9.17) is 0 Å². The van der Waals surface area contributed by atoms with Crippen LogP contribution in [-0.2, 0) is 0 Å². The zero-order valence-corrected chi connectivity index (χ0v) is 15.9. The average Bonchev–Trinajstić information content (AvgIpc) is 3.47. The Labute approximate surface area is 168 Å². The van der Waals surface area contributed by atoms with Crippen LogP contribution in [0.3, 0.4) is 0 Å². The van der Waals surface area contributed by atoms with Gasteiger partial charge in [-0.05, 0) is 37.3 Å². The van der Waals surface area contributed by atoms with E-state index in [1.54, 1.807) is 6.20 Å². The van der Waals surface area contributed by atoms with Gasteiger partial charge in [0.15, 0.2) is 5.82 Å². The maximum Gasteiger partial charge on any atom is 0.159 e. The highest BCUT2D eigenvalue weighted by molar-refractivity contribution is 5.70. The predicted molar refractivity (Wildman–Crippen MR) is 110 cm³/mol. The van der Waals surface area contributed by atoms with Crippen LogP contribution in [0.1, 0.15) is 31.7 Å². The molecule has 0 amide bonds. The minimum atomic E-state index is -0.221. The van der Waals surface area contributed by atoms with Crippen LogP contribution in [0.15, 0.2) is 61.4 Å². The van der Waals surface area contributed by atoms with Crippen molar-refractivity contribution in [3.8, 4) is 33.6 Å². The van der Waals surface area contributed by atoms with Gasteiger partial charge in [0.05, 0.1) is 24.5 Å². The fourth-order valence-corrected chi connectivity index (χ4v) is 3.94. The second-order valence-corrected chi connectivity index (χ2v) is 7.55. The molecule has 2 atom stereocenters. The Bertz CT molecular complexity index is 1090. The largest absolute Gasteiger partial charge is 0.393 e. The second kappa shape index (κ2) is 7.60. The first-order valence-corrected chi connectivity index (χ1v) is 9.90. The molecular weight excluding hydrogens is 364 g/mol. The van der Waals surface area contributed by atoms with Crippen molar-refractivity contribution in [2.24, 2.45) is 0 Å². The summed E-state index contributed by atoms with van der Waals surface area (Å²) in [6.45, 7) is 0. The van der Waals surface area contributed by atoms with Crippen LogP contribution >= 0.6 is 0 Å². The van der Waals surface area contributed by atoms with E-state index in [0.717, 1.165) is 53.5 Å². The molecule has 1 fully saturated rings. The fourth-order valence-electron chi connectivity index (χ4n) is 3.94. The molecule has 1 aromatic carbocycles. The molecule has 5 rings (SSSR count). The van der Waals surface area contributed by atoms with Gasteiger partial charge in [0.25, 0.3) is 0 Å². The van der Waals surface area contributed by atoms with E-state index in [9.17, 15) is 5.11 Å².